The maximum atomic E-state index is 5.00. The second-order valence-corrected chi connectivity index (χ2v) is 5.10. The number of hydrogen-bond acceptors (Lipinski definition) is 4. The first-order valence-corrected chi connectivity index (χ1v) is 6.13. The fourth-order valence-corrected chi connectivity index (χ4v) is 2.49. The number of methoxy groups -OCH3 is 1. The van der Waals surface area contributed by atoms with Crippen molar-refractivity contribution in [2.75, 3.05) is 20.3 Å². The van der Waals surface area contributed by atoms with Crippen molar-refractivity contribution in [2.24, 2.45) is 0 Å². The van der Waals surface area contributed by atoms with Crippen LogP contribution in [0.1, 0.15) is 35.0 Å². The van der Waals surface area contributed by atoms with Gasteiger partial charge in [-0.15, -0.1) is 11.3 Å². The van der Waals surface area contributed by atoms with Gasteiger partial charge >= 0.3 is 0 Å². The molecule has 1 N–H and O–H groups in total. The third-order valence-corrected chi connectivity index (χ3v) is 3.23. The minimum Gasteiger partial charge on any atom is -0.385 e. The molecule has 3 nitrogen and oxygen atoms in total. The van der Waals surface area contributed by atoms with Gasteiger partial charge in [0.25, 0.3) is 0 Å². The molecule has 86 valence electrons. The van der Waals surface area contributed by atoms with Gasteiger partial charge in [0.05, 0.1) is 10.7 Å². The van der Waals surface area contributed by atoms with E-state index in [1.54, 1.807) is 18.4 Å². The van der Waals surface area contributed by atoms with Crippen molar-refractivity contribution >= 4 is 11.3 Å². The molecular formula is C11H20N2OS. The molecule has 1 rings (SSSR count). The number of aryl methyl sites for hydroxylation is 2. The van der Waals surface area contributed by atoms with Gasteiger partial charge < -0.3 is 10.1 Å². The molecule has 0 amide bonds. The van der Waals surface area contributed by atoms with Gasteiger partial charge in [0.2, 0.25) is 0 Å². The predicted octanol–water partition coefficient (Wildman–Crippen LogP) is 2.45. The molecule has 1 atom stereocenters. The molecule has 4 heteroatoms. The van der Waals surface area contributed by atoms with Crippen molar-refractivity contribution in [1.82, 2.24) is 10.3 Å². The van der Waals surface area contributed by atoms with E-state index in [0.29, 0.717) is 6.04 Å². The molecule has 0 aliphatic carbocycles. The van der Waals surface area contributed by atoms with Gasteiger partial charge in [0.1, 0.15) is 0 Å². The van der Waals surface area contributed by atoms with Crippen LogP contribution in [0.3, 0.4) is 0 Å². The molecule has 0 aromatic carbocycles. The number of rotatable bonds is 6. The van der Waals surface area contributed by atoms with E-state index in [2.05, 4.69) is 31.1 Å². The van der Waals surface area contributed by atoms with Gasteiger partial charge in [0, 0.05) is 24.6 Å². The molecule has 0 aliphatic heterocycles. The molecule has 0 spiro atoms. The fourth-order valence-electron chi connectivity index (χ4n) is 1.58. The van der Waals surface area contributed by atoms with Crippen LogP contribution in [0.2, 0.25) is 0 Å². The van der Waals surface area contributed by atoms with Crippen LogP contribution in [-0.2, 0) is 4.74 Å². The van der Waals surface area contributed by atoms with Crippen molar-refractivity contribution in [3.63, 3.8) is 0 Å². The fraction of sp³-hybridized carbons (Fsp3) is 0.727. The van der Waals surface area contributed by atoms with Crippen molar-refractivity contribution in [3.8, 4) is 0 Å². The summed E-state index contributed by atoms with van der Waals surface area (Å²) in [5.41, 5.74) is 1.19. The van der Waals surface area contributed by atoms with Crippen LogP contribution < -0.4 is 5.32 Å². The van der Waals surface area contributed by atoms with E-state index in [-0.39, 0.29) is 0 Å². The smallest absolute Gasteiger partial charge is 0.0900 e. The zero-order valence-corrected chi connectivity index (χ0v) is 10.8. The third kappa shape index (κ3) is 3.89. The number of nitrogens with one attached hydrogen (secondary N) is 1. The lowest BCUT2D eigenvalue weighted by atomic mass is 10.2. The normalized spacial score (nSPS) is 13.1. The Morgan fingerprint density at radius 3 is 2.73 bits per heavy atom. The van der Waals surface area contributed by atoms with Crippen LogP contribution in [0.4, 0.5) is 0 Å². The standard InChI is InChI=1S/C11H20N2OS/c1-8(12-6-5-7-14-4)11-9(2)15-10(3)13-11/h8,12H,5-7H2,1-4H3. The maximum Gasteiger partial charge on any atom is 0.0900 e. The number of nitrogens with zero attached hydrogens (tertiary/aromatic N) is 1. The summed E-state index contributed by atoms with van der Waals surface area (Å²) in [7, 11) is 1.73. The zero-order valence-electron chi connectivity index (χ0n) is 9.96. The summed E-state index contributed by atoms with van der Waals surface area (Å²) in [5.74, 6) is 0. The van der Waals surface area contributed by atoms with Crippen LogP contribution in [0, 0.1) is 13.8 Å². The first-order valence-electron chi connectivity index (χ1n) is 5.31. The molecular weight excluding hydrogens is 208 g/mol. The van der Waals surface area contributed by atoms with Gasteiger partial charge in [-0.05, 0) is 33.7 Å². The Bertz CT molecular complexity index is 299. The second-order valence-electron chi connectivity index (χ2n) is 3.70. The number of hydrogen-bond donors (Lipinski definition) is 1. The molecule has 1 heterocycles. The third-order valence-electron chi connectivity index (χ3n) is 2.33. The monoisotopic (exact) mass is 228 g/mol. The summed E-state index contributed by atoms with van der Waals surface area (Å²) in [6.07, 6.45) is 1.04. The van der Waals surface area contributed by atoms with Gasteiger partial charge in [0.15, 0.2) is 0 Å². The van der Waals surface area contributed by atoms with Crippen LogP contribution in [-0.4, -0.2) is 25.2 Å². The quantitative estimate of drug-likeness (QED) is 0.759. The summed E-state index contributed by atoms with van der Waals surface area (Å²) in [6, 6.07) is 0.340. The molecule has 1 unspecified atom stereocenters. The van der Waals surface area contributed by atoms with Gasteiger partial charge in [-0.3, -0.25) is 0 Å². The maximum absolute atomic E-state index is 5.00. The number of thiazole rings is 1. The van der Waals surface area contributed by atoms with Crippen molar-refractivity contribution in [1.29, 1.82) is 0 Å². The lowest BCUT2D eigenvalue weighted by molar-refractivity contribution is 0.193. The Kier molecular flexibility index (Phi) is 5.22. The minimum atomic E-state index is 0.340. The molecule has 0 saturated carbocycles. The molecule has 0 radical (unpaired) electrons. The summed E-state index contributed by atoms with van der Waals surface area (Å²) < 4.78 is 5.00. The first-order chi connectivity index (χ1) is 7.15. The largest absolute Gasteiger partial charge is 0.385 e. The SMILES string of the molecule is COCCCNC(C)c1nc(C)sc1C. The lowest BCUT2D eigenvalue weighted by Crippen LogP contribution is -2.21. The Balaban J connectivity index is 2.39. The first kappa shape index (κ1) is 12.6. The van der Waals surface area contributed by atoms with Crippen molar-refractivity contribution < 1.29 is 4.74 Å². The van der Waals surface area contributed by atoms with Gasteiger partial charge in [-0.25, -0.2) is 4.98 Å². The number of aromatic nitrogens is 1. The zero-order chi connectivity index (χ0) is 11.3. The van der Waals surface area contributed by atoms with E-state index in [9.17, 15) is 0 Å². The summed E-state index contributed by atoms with van der Waals surface area (Å²) in [4.78, 5) is 5.85. The highest BCUT2D eigenvalue weighted by Gasteiger charge is 2.11. The van der Waals surface area contributed by atoms with E-state index in [1.165, 1.54) is 10.6 Å². The Morgan fingerprint density at radius 2 is 2.20 bits per heavy atom. The minimum absolute atomic E-state index is 0.340. The average Bonchev–Trinajstić information content (AvgIpc) is 2.52. The van der Waals surface area contributed by atoms with Gasteiger partial charge in [-0.1, -0.05) is 0 Å². The molecule has 1 aromatic heterocycles. The average molecular weight is 228 g/mol. The Hall–Kier alpha value is -0.450. The van der Waals surface area contributed by atoms with E-state index in [0.717, 1.165) is 24.6 Å². The van der Waals surface area contributed by atoms with Crippen molar-refractivity contribution in [2.45, 2.75) is 33.2 Å². The summed E-state index contributed by atoms with van der Waals surface area (Å²) >= 11 is 1.77. The highest BCUT2D eigenvalue weighted by molar-refractivity contribution is 7.11. The van der Waals surface area contributed by atoms with Crippen molar-refractivity contribution in [3.05, 3.63) is 15.6 Å². The topological polar surface area (TPSA) is 34.1 Å². The van der Waals surface area contributed by atoms with Crippen LogP contribution in [0.25, 0.3) is 0 Å². The van der Waals surface area contributed by atoms with Gasteiger partial charge in [-0.2, -0.15) is 0 Å². The predicted molar refractivity (Wildman–Crippen MR) is 64.5 cm³/mol. The molecule has 0 bridgehead atoms. The van der Waals surface area contributed by atoms with E-state index >= 15 is 0 Å². The van der Waals surface area contributed by atoms with E-state index in [4.69, 9.17) is 4.74 Å². The summed E-state index contributed by atoms with van der Waals surface area (Å²) in [5, 5.41) is 4.60. The molecule has 1 aromatic rings. The van der Waals surface area contributed by atoms with Crippen LogP contribution in [0.5, 0.6) is 0 Å². The Labute approximate surface area is 95.9 Å². The summed E-state index contributed by atoms with van der Waals surface area (Å²) in [6.45, 7) is 8.14. The lowest BCUT2D eigenvalue weighted by Gasteiger charge is -2.12. The molecule has 15 heavy (non-hydrogen) atoms. The molecule has 0 fully saturated rings. The molecule has 0 aliphatic rings. The molecule has 0 saturated heterocycles. The van der Waals surface area contributed by atoms with E-state index < -0.39 is 0 Å². The number of ether oxygens (including phenoxy) is 1. The van der Waals surface area contributed by atoms with Crippen LogP contribution >= 0.6 is 11.3 Å². The highest BCUT2D eigenvalue weighted by Crippen LogP contribution is 2.22. The highest BCUT2D eigenvalue weighted by atomic mass is 32.1. The Morgan fingerprint density at radius 1 is 1.47 bits per heavy atom. The second kappa shape index (κ2) is 6.20. The van der Waals surface area contributed by atoms with Crippen LogP contribution in [0.15, 0.2) is 0 Å². The van der Waals surface area contributed by atoms with E-state index in [1.807, 2.05) is 0 Å².